The summed E-state index contributed by atoms with van der Waals surface area (Å²) in [6.07, 6.45) is -2.72. The molecule has 30 heavy (non-hydrogen) atoms. The first-order chi connectivity index (χ1) is 14.4. The van der Waals surface area contributed by atoms with Gasteiger partial charge in [-0.1, -0.05) is 6.07 Å². The van der Waals surface area contributed by atoms with Gasteiger partial charge >= 0.3 is 6.18 Å². The molecule has 0 N–H and O–H groups in total. The lowest BCUT2D eigenvalue weighted by Gasteiger charge is -2.27. The van der Waals surface area contributed by atoms with Gasteiger partial charge in [0.25, 0.3) is 0 Å². The molecule has 0 aromatic heterocycles. The molecule has 2 aromatic carbocycles. The Bertz CT molecular complexity index is 996. The summed E-state index contributed by atoms with van der Waals surface area (Å²) in [4.78, 5) is 18.5. The second-order valence-electron chi connectivity index (χ2n) is 7.27. The molecule has 1 fully saturated rings. The van der Waals surface area contributed by atoms with E-state index >= 15 is 0 Å². The number of alkyl halides is 3. The molecule has 5 nitrogen and oxygen atoms in total. The van der Waals surface area contributed by atoms with Crippen LogP contribution in [0, 0.1) is 0 Å². The van der Waals surface area contributed by atoms with Crippen molar-refractivity contribution in [3.63, 3.8) is 0 Å². The third-order valence-electron chi connectivity index (χ3n) is 5.35. The number of morpholine rings is 1. The molecule has 1 amide bonds. The maximum Gasteiger partial charge on any atom is 0.416 e. The van der Waals surface area contributed by atoms with Crippen LogP contribution in [0.2, 0.25) is 0 Å². The molecule has 0 radical (unpaired) electrons. The van der Waals surface area contributed by atoms with Gasteiger partial charge in [-0.3, -0.25) is 9.79 Å². The Morgan fingerprint density at radius 1 is 1.17 bits per heavy atom. The molecule has 1 saturated heterocycles. The van der Waals surface area contributed by atoms with Crippen molar-refractivity contribution < 1.29 is 27.4 Å². The van der Waals surface area contributed by atoms with Gasteiger partial charge in [0.15, 0.2) is 0 Å². The molecule has 0 spiro atoms. The van der Waals surface area contributed by atoms with Crippen molar-refractivity contribution in [2.24, 2.45) is 4.99 Å². The number of benzene rings is 2. The highest BCUT2D eigenvalue weighted by Crippen LogP contribution is 2.40. The van der Waals surface area contributed by atoms with Gasteiger partial charge in [-0.15, -0.1) is 0 Å². The van der Waals surface area contributed by atoms with Crippen LogP contribution in [0.4, 0.5) is 13.2 Å². The maximum atomic E-state index is 13.5. The quantitative estimate of drug-likeness (QED) is 0.761. The third kappa shape index (κ3) is 4.05. The Morgan fingerprint density at radius 2 is 1.93 bits per heavy atom. The molecule has 0 bridgehead atoms. The van der Waals surface area contributed by atoms with Gasteiger partial charge in [0, 0.05) is 30.4 Å². The van der Waals surface area contributed by atoms with Crippen molar-refractivity contribution in [1.29, 1.82) is 0 Å². The average Bonchev–Trinajstić information content (AvgIpc) is 3.22. The van der Waals surface area contributed by atoms with Gasteiger partial charge in [0.05, 0.1) is 38.9 Å². The van der Waals surface area contributed by atoms with E-state index in [2.05, 4.69) is 4.99 Å². The monoisotopic (exact) mass is 418 g/mol. The number of ether oxygens (including phenoxy) is 2. The summed E-state index contributed by atoms with van der Waals surface area (Å²) in [7, 11) is 1.47. The number of aliphatic imine (C=N–C) groups is 1. The van der Waals surface area contributed by atoms with Crippen molar-refractivity contribution in [3.8, 4) is 16.9 Å². The fourth-order valence-electron chi connectivity index (χ4n) is 3.79. The van der Waals surface area contributed by atoms with E-state index in [9.17, 15) is 18.0 Å². The highest BCUT2D eigenvalue weighted by molar-refractivity contribution is 5.96. The van der Waals surface area contributed by atoms with E-state index in [1.807, 2.05) is 0 Å². The number of methoxy groups -OCH3 is 1. The molecule has 2 aliphatic rings. The van der Waals surface area contributed by atoms with Gasteiger partial charge < -0.3 is 14.4 Å². The van der Waals surface area contributed by atoms with Gasteiger partial charge in [-0.05, 0) is 41.0 Å². The van der Waals surface area contributed by atoms with E-state index in [1.54, 1.807) is 29.3 Å². The molecule has 8 heteroatoms. The zero-order valence-corrected chi connectivity index (χ0v) is 16.5. The number of hydrogen-bond donors (Lipinski definition) is 0. The molecule has 4 rings (SSSR count). The zero-order chi connectivity index (χ0) is 21.3. The largest absolute Gasteiger partial charge is 0.496 e. The second-order valence-corrected chi connectivity index (χ2v) is 7.27. The number of carbonyl (C=O) groups is 1. The van der Waals surface area contributed by atoms with Crippen LogP contribution in [-0.2, 0) is 28.7 Å². The van der Waals surface area contributed by atoms with Crippen LogP contribution in [0.5, 0.6) is 5.75 Å². The predicted molar refractivity (Wildman–Crippen MR) is 106 cm³/mol. The highest BCUT2D eigenvalue weighted by Gasteiger charge is 2.33. The van der Waals surface area contributed by atoms with Crippen LogP contribution in [0.3, 0.4) is 0 Å². The van der Waals surface area contributed by atoms with Gasteiger partial charge in [-0.2, -0.15) is 13.2 Å². The fraction of sp³-hybridized carbons (Fsp3) is 0.364. The van der Waals surface area contributed by atoms with E-state index in [4.69, 9.17) is 9.47 Å². The summed E-state index contributed by atoms with van der Waals surface area (Å²) in [6, 6.07) is 7.46. The van der Waals surface area contributed by atoms with Crippen molar-refractivity contribution in [2.75, 3.05) is 33.4 Å². The summed E-state index contributed by atoms with van der Waals surface area (Å²) in [5.41, 5.74) is 2.08. The zero-order valence-electron chi connectivity index (χ0n) is 16.5. The molecule has 158 valence electrons. The summed E-state index contributed by atoms with van der Waals surface area (Å²) < 4.78 is 51.1. The number of carbonyl (C=O) groups excluding carboxylic acids is 1. The van der Waals surface area contributed by atoms with E-state index in [1.165, 1.54) is 7.11 Å². The SMILES string of the molecule is COc1ccc(CC(=O)N2CCOCC2)cc1-c1cc(C(F)(F)F)cc2c1C=NC2. The molecule has 0 atom stereocenters. The van der Waals surface area contributed by atoms with Crippen molar-refractivity contribution in [1.82, 2.24) is 4.90 Å². The molecule has 2 aliphatic heterocycles. The first-order valence-electron chi connectivity index (χ1n) is 9.63. The Morgan fingerprint density at radius 3 is 2.63 bits per heavy atom. The van der Waals surface area contributed by atoms with Gasteiger partial charge in [0.1, 0.15) is 5.75 Å². The number of hydrogen-bond acceptors (Lipinski definition) is 4. The number of nitrogens with zero attached hydrogens (tertiary/aromatic N) is 2. The lowest BCUT2D eigenvalue weighted by Crippen LogP contribution is -2.41. The lowest BCUT2D eigenvalue weighted by molar-refractivity contribution is -0.137. The third-order valence-corrected chi connectivity index (χ3v) is 5.35. The lowest BCUT2D eigenvalue weighted by atomic mass is 9.92. The van der Waals surface area contributed by atoms with Gasteiger partial charge in [0.2, 0.25) is 5.91 Å². The van der Waals surface area contributed by atoms with E-state index in [0.717, 1.165) is 12.1 Å². The van der Waals surface area contributed by atoms with Crippen molar-refractivity contribution in [2.45, 2.75) is 19.1 Å². The van der Waals surface area contributed by atoms with Crippen LogP contribution in [0.15, 0.2) is 35.3 Å². The molecular formula is C22H21F3N2O3. The van der Waals surface area contributed by atoms with E-state index in [0.29, 0.717) is 59.9 Å². The van der Waals surface area contributed by atoms with E-state index < -0.39 is 11.7 Å². The van der Waals surface area contributed by atoms with Crippen LogP contribution in [0.25, 0.3) is 11.1 Å². The summed E-state index contributed by atoms with van der Waals surface area (Å²) in [5, 5.41) is 0. The van der Waals surface area contributed by atoms with Crippen LogP contribution in [0.1, 0.15) is 22.3 Å². The summed E-state index contributed by atoms with van der Waals surface area (Å²) >= 11 is 0. The van der Waals surface area contributed by atoms with Crippen molar-refractivity contribution >= 4 is 12.1 Å². The second kappa shape index (κ2) is 8.10. The minimum atomic E-state index is -4.47. The number of amides is 1. The smallest absolute Gasteiger partial charge is 0.416 e. The molecule has 0 unspecified atom stereocenters. The Labute approximate surface area is 172 Å². The summed E-state index contributed by atoms with van der Waals surface area (Å²) in [5.74, 6) is 0.407. The number of rotatable bonds is 4. The maximum absolute atomic E-state index is 13.5. The molecule has 0 aliphatic carbocycles. The Hall–Kier alpha value is -2.87. The van der Waals surface area contributed by atoms with Crippen LogP contribution in [-0.4, -0.2) is 50.4 Å². The highest BCUT2D eigenvalue weighted by atomic mass is 19.4. The number of fused-ring (bicyclic) bond motifs is 1. The number of halogens is 3. The predicted octanol–water partition coefficient (Wildman–Crippen LogP) is 3.71. The molecule has 2 heterocycles. The first-order valence-corrected chi connectivity index (χ1v) is 9.63. The standard InChI is InChI=1S/C22H21F3N2O3/c1-29-20-3-2-14(9-21(28)27-4-6-30-7-5-27)8-18(20)17-11-16(22(23,24)25)10-15-12-26-13-19(15)17/h2-3,8,10-11,13H,4-7,9,12H2,1H3. The Balaban J connectivity index is 1.73. The minimum absolute atomic E-state index is 0.0368. The van der Waals surface area contributed by atoms with Crippen LogP contribution < -0.4 is 4.74 Å². The topological polar surface area (TPSA) is 51.1 Å². The van der Waals surface area contributed by atoms with E-state index in [-0.39, 0.29) is 18.9 Å². The normalized spacial score (nSPS) is 15.9. The van der Waals surface area contributed by atoms with Gasteiger partial charge in [-0.25, -0.2) is 0 Å². The molecular weight excluding hydrogens is 397 g/mol. The minimum Gasteiger partial charge on any atom is -0.496 e. The summed E-state index contributed by atoms with van der Waals surface area (Å²) in [6.45, 7) is 2.31. The first kappa shape index (κ1) is 20.4. The molecule has 0 saturated carbocycles. The Kier molecular flexibility index (Phi) is 5.51. The van der Waals surface area contributed by atoms with Crippen LogP contribution >= 0.6 is 0 Å². The average molecular weight is 418 g/mol. The molecule has 2 aromatic rings. The fourth-order valence-corrected chi connectivity index (χ4v) is 3.79. The van der Waals surface area contributed by atoms with Crippen molar-refractivity contribution in [3.05, 3.63) is 52.6 Å².